The number of pyridine rings is 1. The van der Waals surface area contributed by atoms with Crippen molar-refractivity contribution in [1.82, 2.24) is 15.2 Å². The smallest absolute Gasteiger partial charge is 0.417 e. The number of alkyl halides is 3. The van der Waals surface area contributed by atoms with E-state index in [2.05, 4.69) is 10.3 Å². The Kier molecular flexibility index (Phi) is 7.47. The van der Waals surface area contributed by atoms with Crippen LogP contribution in [0.25, 0.3) is 0 Å². The van der Waals surface area contributed by atoms with Gasteiger partial charge in [-0.15, -0.1) is 0 Å². The maximum absolute atomic E-state index is 14.1. The Morgan fingerprint density at radius 2 is 1.86 bits per heavy atom. The van der Waals surface area contributed by atoms with E-state index < -0.39 is 29.3 Å². The number of amides is 1. The predicted molar refractivity (Wildman–Crippen MR) is 129 cm³/mol. The molecule has 3 heterocycles. The van der Waals surface area contributed by atoms with Crippen LogP contribution in [-0.2, 0) is 11.0 Å². The molecule has 0 spiro atoms. The van der Waals surface area contributed by atoms with Crippen LogP contribution in [0.1, 0.15) is 36.8 Å². The molecule has 11 heteroatoms. The molecule has 0 radical (unpaired) electrons. The van der Waals surface area contributed by atoms with Crippen LogP contribution in [0.15, 0.2) is 42.6 Å². The van der Waals surface area contributed by atoms with Crippen LogP contribution in [0, 0.1) is 5.92 Å². The Morgan fingerprint density at radius 3 is 2.39 bits per heavy atom. The number of benzene rings is 1. The van der Waals surface area contributed by atoms with Crippen LogP contribution in [0.3, 0.4) is 0 Å². The highest BCUT2D eigenvalue weighted by molar-refractivity contribution is 6.30. The Hall–Kier alpha value is -2.85. The Balaban J connectivity index is 1.57. The average molecular weight is 525 g/mol. The van der Waals surface area contributed by atoms with Crippen molar-refractivity contribution in [2.45, 2.75) is 37.4 Å². The van der Waals surface area contributed by atoms with E-state index in [0.717, 1.165) is 17.8 Å². The van der Waals surface area contributed by atoms with Crippen molar-refractivity contribution < 1.29 is 27.9 Å². The van der Waals surface area contributed by atoms with E-state index in [9.17, 15) is 27.9 Å². The molecule has 1 amide bonds. The van der Waals surface area contributed by atoms with Gasteiger partial charge < -0.3 is 15.3 Å². The normalized spacial score (nSPS) is 23.0. The van der Waals surface area contributed by atoms with Gasteiger partial charge in [0.05, 0.1) is 5.56 Å². The molecule has 2 aliphatic heterocycles. The number of ketones is 1. The zero-order valence-corrected chi connectivity index (χ0v) is 20.5. The number of carboxylic acid groups (broad SMARTS) is 1. The summed E-state index contributed by atoms with van der Waals surface area (Å²) in [4.78, 5) is 33.5. The van der Waals surface area contributed by atoms with Crippen molar-refractivity contribution >= 4 is 29.3 Å². The molecule has 1 aromatic carbocycles. The van der Waals surface area contributed by atoms with Gasteiger partial charge in [0.2, 0.25) is 0 Å². The van der Waals surface area contributed by atoms with Crippen LogP contribution in [0.5, 0.6) is 0 Å². The number of carbonyl (C=O) groups is 2. The lowest BCUT2D eigenvalue weighted by atomic mass is 9.72. The fourth-order valence-electron chi connectivity index (χ4n) is 5.52. The quantitative estimate of drug-likeness (QED) is 0.571. The second-order valence-corrected chi connectivity index (χ2v) is 9.65. The summed E-state index contributed by atoms with van der Waals surface area (Å²) in [6, 6.07) is 9.47. The monoisotopic (exact) mass is 524 g/mol. The number of anilines is 1. The van der Waals surface area contributed by atoms with Gasteiger partial charge in [-0.1, -0.05) is 23.7 Å². The van der Waals surface area contributed by atoms with Crippen LogP contribution < -0.4 is 10.2 Å². The molecule has 7 nitrogen and oxygen atoms in total. The molecule has 2 aromatic rings. The van der Waals surface area contributed by atoms with Gasteiger partial charge in [0, 0.05) is 55.8 Å². The molecular formula is C25H28ClF3N4O3. The van der Waals surface area contributed by atoms with Gasteiger partial charge in [0.25, 0.3) is 0 Å². The number of rotatable bonds is 6. The van der Waals surface area contributed by atoms with E-state index in [1.54, 1.807) is 19.1 Å². The lowest BCUT2D eigenvalue weighted by molar-refractivity contribution is -0.138. The number of likely N-dealkylation sites (N-methyl/N-ethyl adjacent to an activating group) is 1. The van der Waals surface area contributed by atoms with Crippen molar-refractivity contribution in [1.29, 1.82) is 0 Å². The highest BCUT2D eigenvalue weighted by Crippen LogP contribution is 2.41. The minimum atomic E-state index is -4.45. The molecule has 0 unspecified atom stereocenters. The minimum Gasteiger partial charge on any atom is -0.465 e. The maximum Gasteiger partial charge on any atom is 0.417 e. The first-order chi connectivity index (χ1) is 17.1. The molecule has 1 aromatic heterocycles. The number of Topliss-reactive ketones (excluding diaryl/α,β-unsaturated/α-hetero) is 1. The Bertz CT molecular complexity index is 1090. The Morgan fingerprint density at radius 1 is 1.19 bits per heavy atom. The first-order valence-electron chi connectivity index (χ1n) is 11.9. The van der Waals surface area contributed by atoms with Gasteiger partial charge in [-0.25, -0.2) is 9.78 Å². The van der Waals surface area contributed by atoms with Crippen molar-refractivity contribution in [3.63, 3.8) is 0 Å². The number of hydrogen-bond donors (Lipinski definition) is 2. The third-order valence-electron chi connectivity index (χ3n) is 7.31. The SMILES string of the molecule is CCN(C(=O)O)[C@@]1(C(=O)C2CCN(c3ccc(C(F)(F)F)cn3)CC2)CNC[C@@H]1c1ccc(Cl)cc1. The summed E-state index contributed by atoms with van der Waals surface area (Å²) in [5.41, 5.74) is -1.24. The molecule has 2 fully saturated rings. The topological polar surface area (TPSA) is 85.8 Å². The van der Waals surface area contributed by atoms with E-state index in [1.165, 1.54) is 11.0 Å². The van der Waals surface area contributed by atoms with E-state index in [0.29, 0.717) is 43.3 Å². The molecule has 0 saturated carbocycles. The Labute approximate surface area is 212 Å². The fraction of sp³-hybridized carbons (Fsp3) is 0.480. The minimum absolute atomic E-state index is 0.128. The lowest BCUT2D eigenvalue weighted by Crippen LogP contribution is -2.63. The van der Waals surface area contributed by atoms with Crippen molar-refractivity contribution in [2.24, 2.45) is 5.92 Å². The largest absolute Gasteiger partial charge is 0.465 e. The zero-order valence-electron chi connectivity index (χ0n) is 19.8. The molecule has 0 bridgehead atoms. The molecule has 2 aliphatic rings. The van der Waals surface area contributed by atoms with Crippen LogP contribution in [0.2, 0.25) is 5.02 Å². The number of piperidine rings is 1. The van der Waals surface area contributed by atoms with E-state index in [4.69, 9.17) is 11.6 Å². The highest BCUT2D eigenvalue weighted by atomic mass is 35.5. The molecule has 194 valence electrons. The van der Waals surface area contributed by atoms with Crippen LogP contribution >= 0.6 is 11.6 Å². The maximum atomic E-state index is 14.1. The molecular weight excluding hydrogens is 497 g/mol. The molecule has 2 saturated heterocycles. The van der Waals surface area contributed by atoms with Gasteiger partial charge in [-0.05, 0) is 49.6 Å². The summed E-state index contributed by atoms with van der Waals surface area (Å²) in [7, 11) is 0. The number of aromatic nitrogens is 1. The van der Waals surface area contributed by atoms with Gasteiger partial charge in [-0.2, -0.15) is 13.2 Å². The molecule has 0 aliphatic carbocycles. The zero-order chi connectivity index (χ0) is 26.1. The van der Waals surface area contributed by atoms with E-state index in [-0.39, 0.29) is 24.8 Å². The highest BCUT2D eigenvalue weighted by Gasteiger charge is 2.56. The first kappa shape index (κ1) is 26.2. The molecule has 2 N–H and O–H groups in total. The van der Waals surface area contributed by atoms with Crippen molar-refractivity contribution in [3.05, 3.63) is 58.7 Å². The summed E-state index contributed by atoms with van der Waals surface area (Å²) in [6.07, 6.45) is -3.89. The second kappa shape index (κ2) is 10.3. The standard InChI is InChI=1S/C25H28ClF3N4O3/c1-2-33(23(35)36)24(15-30-14-20(24)16-3-6-19(26)7-4-16)22(34)17-9-11-32(12-10-17)21-8-5-18(13-31-21)25(27,28)29/h3-8,13,17,20,30H,2,9-12,14-15H2,1H3,(H,35,36)/t20-,24+/m1/s1. The predicted octanol–water partition coefficient (Wildman–Crippen LogP) is 4.67. The van der Waals surface area contributed by atoms with Crippen LogP contribution in [-0.4, -0.2) is 65.1 Å². The van der Waals surface area contributed by atoms with Gasteiger partial charge in [0.15, 0.2) is 5.78 Å². The van der Waals surface area contributed by atoms with Gasteiger partial charge in [-0.3, -0.25) is 9.69 Å². The third kappa shape index (κ3) is 4.88. The summed E-state index contributed by atoms with van der Waals surface area (Å²) in [5.74, 6) is -0.477. The summed E-state index contributed by atoms with van der Waals surface area (Å²) >= 11 is 6.06. The van der Waals surface area contributed by atoms with Crippen molar-refractivity contribution in [3.8, 4) is 0 Å². The van der Waals surface area contributed by atoms with Gasteiger partial charge >= 0.3 is 12.3 Å². The first-order valence-corrected chi connectivity index (χ1v) is 12.2. The second-order valence-electron chi connectivity index (χ2n) is 9.21. The number of carbonyl (C=O) groups excluding carboxylic acids is 1. The summed E-state index contributed by atoms with van der Waals surface area (Å²) in [5, 5.41) is 13.9. The third-order valence-corrected chi connectivity index (χ3v) is 7.56. The number of nitrogens with zero attached hydrogens (tertiary/aromatic N) is 3. The molecule has 4 rings (SSSR count). The summed E-state index contributed by atoms with van der Waals surface area (Å²) in [6.45, 7) is 3.40. The van der Waals surface area contributed by atoms with Gasteiger partial charge in [0.1, 0.15) is 11.4 Å². The fourth-order valence-corrected chi connectivity index (χ4v) is 5.64. The van der Waals surface area contributed by atoms with Crippen molar-refractivity contribution in [2.75, 3.05) is 37.6 Å². The summed E-state index contributed by atoms with van der Waals surface area (Å²) < 4.78 is 38.6. The number of halogens is 4. The lowest BCUT2D eigenvalue weighted by Gasteiger charge is -2.45. The number of hydrogen-bond acceptors (Lipinski definition) is 5. The van der Waals surface area contributed by atoms with E-state index in [1.807, 2.05) is 17.0 Å². The van der Waals surface area contributed by atoms with E-state index >= 15 is 0 Å². The average Bonchev–Trinajstić information content (AvgIpc) is 3.29. The molecule has 36 heavy (non-hydrogen) atoms. The number of nitrogens with one attached hydrogen (secondary N) is 1. The van der Waals surface area contributed by atoms with Crippen LogP contribution in [0.4, 0.5) is 23.8 Å². The molecule has 2 atom stereocenters.